The standard InChI is InChI=1S/C8H8N4O7S/c13-7(14)6-5-3(1-9-10-5)4-2-11(6)8(15)12(4)19-20(16,17)18/h1,4,6H,2H2,(H,9,10)(H,13,14)(H,16,17,18)/t4-,6?/m1/s1. The quantitative estimate of drug-likeness (QED) is 0.605. The number of aliphatic carboxylic acids is 1. The molecule has 108 valence electrons. The Hall–Kier alpha value is -2.18. The zero-order valence-corrected chi connectivity index (χ0v) is 10.4. The van der Waals surface area contributed by atoms with Crippen molar-refractivity contribution >= 4 is 22.4 Å². The number of H-pyrrole nitrogens is 1. The van der Waals surface area contributed by atoms with E-state index in [0.717, 1.165) is 4.90 Å². The van der Waals surface area contributed by atoms with Crippen molar-refractivity contribution in [3.63, 3.8) is 0 Å². The van der Waals surface area contributed by atoms with E-state index in [1.807, 2.05) is 0 Å². The normalized spacial score (nSPS) is 24.9. The Morgan fingerprint density at radius 3 is 2.85 bits per heavy atom. The minimum atomic E-state index is -4.90. The lowest BCUT2D eigenvalue weighted by Crippen LogP contribution is -2.38. The van der Waals surface area contributed by atoms with Crippen LogP contribution in [0.1, 0.15) is 23.3 Å². The van der Waals surface area contributed by atoms with Crippen LogP contribution in [0.4, 0.5) is 4.79 Å². The summed E-state index contributed by atoms with van der Waals surface area (Å²) in [5.74, 6) is -1.30. The largest absolute Gasteiger partial charge is 0.479 e. The second-order valence-corrected chi connectivity index (χ2v) is 5.26. The Morgan fingerprint density at radius 1 is 1.55 bits per heavy atom. The minimum Gasteiger partial charge on any atom is -0.479 e. The smallest absolute Gasteiger partial charge is 0.418 e. The second-order valence-electron chi connectivity index (χ2n) is 4.26. The number of carbonyl (C=O) groups excluding carboxylic acids is 1. The van der Waals surface area contributed by atoms with Crippen LogP contribution in [0.25, 0.3) is 0 Å². The summed E-state index contributed by atoms with van der Waals surface area (Å²) in [5, 5.41) is 15.8. The van der Waals surface area contributed by atoms with Gasteiger partial charge in [-0.1, -0.05) is 0 Å². The van der Waals surface area contributed by atoms with Gasteiger partial charge in [0.25, 0.3) is 0 Å². The molecule has 11 nitrogen and oxygen atoms in total. The molecule has 1 fully saturated rings. The van der Waals surface area contributed by atoms with Crippen molar-refractivity contribution in [3.05, 3.63) is 17.5 Å². The molecule has 1 unspecified atom stereocenters. The minimum absolute atomic E-state index is 0.0855. The van der Waals surface area contributed by atoms with Crippen molar-refractivity contribution in [2.45, 2.75) is 12.1 Å². The van der Waals surface area contributed by atoms with Crippen molar-refractivity contribution < 1.29 is 31.9 Å². The summed E-state index contributed by atoms with van der Waals surface area (Å²) in [6, 6.07) is -3.15. The van der Waals surface area contributed by atoms with Gasteiger partial charge in [-0.25, -0.2) is 9.59 Å². The number of nitrogens with zero attached hydrogens (tertiary/aromatic N) is 3. The summed E-state index contributed by atoms with van der Waals surface area (Å²) in [7, 11) is -4.90. The van der Waals surface area contributed by atoms with Gasteiger partial charge in [-0.3, -0.25) is 9.65 Å². The number of hydroxylamine groups is 2. The Balaban J connectivity index is 2.07. The van der Waals surface area contributed by atoms with Crippen LogP contribution in [0, 0.1) is 0 Å². The molecule has 12 heteroatoms. The molecule has 0 aromatic carbocycles. The topological polar surface area (TPSA) is 153 Å². The molecule has 20 heavy (non-hydrogen) atoms. The van der Waals surface area contributed by atoms with E-state index in [4.69, 9.17) is 4.55 Å². The van der Waals surface area contributed by atoms with Crippen molar-refractivity contribution in [2.24, 2.45) is 0 Å². The Morgan fingerprint density at radius 2 is 2.25 bits per heavy atom. The fraction of sp³-hybridized carbons (Fsp3) is 0.375. The maximum Gasteiger partial charge on any atom is 0.418 e. The lowest BCUT2D eigenvalue weighted by molar-refractivity contribution is -0.142. The molecule has 0 spiro atoms. The highest BCUT2D eigenvalue weighted by Gasteiger charge is 2.53. The average Bonchev–Trinajstić information content (AvgIpc) is 2.88. The summed E-state index contributed by atoms with van der Waals surface area (Å²) in [6.45, 7) is -0.0855. The van der Waals surface area contributed by atoms with E-state index >= 15 is 0 Å². The predicted molar refractivity (Wildman–Crippen MR) is 58.3 cm³/mol. The molecule has 0 saturated carbocycles. The molecule has 1 aromatic rings. The van der Waals surface area contributed by atoms with Crippen LogP contribution in [0.15, 0.2) is 6.20 Å². The summed E-state index contributed by atoms with van der Waals surface area (Å²) >= 11 is 0. The number of aromatic amines is 1. The first-order chi connectivity index (χ1) is 9.29. The van der Waals surface area contributed by atoms with Crippen LogP contribution in [0.5, 0.6) is 0 Å². The van der Waals surface area contributed by atoms with Gasteiger partial charge in [-0.05, 0) is 0 Å². The number of nitrogens with one attached hydrogen (secondary N) is 1. The number of rotatable bonds is 3. The van der Waals surface area contributed by atoms with Crippen LogP contribution >= 0.6 is 0 Å². The monoisotopic (exact) mass is 304 g/mol. The van der Waals surface area contributed by atoms with Crippen molar-refractivity contribution in [1.82, 2.24) is 20.2 Å². The number of amides is 2. The van der Waals surface area contributed by atoms with Gasteiger partial charge in [-0.2, -0.15) is 18.6 Å². The number of urea groups is 1. The first-order valence-corrected chi connectivity index (χ1v) is 6.69. The Labute approximate surface area is 111 Å². The van der Waals surface area contributed by atoms with E-state index < -0.39 is 34.5 Å². The number of carbonyl (C=O) groups is 2. The third-order valence-corrected chi connectivity index (χ3v) is 3.49. The van der Waals surface area contributed by atoms with Crippen LogP contribution in [0.3, 0.4) is 0 Å². The van der Waals surface area contributed by atoms with Gasteiger partial charge >= 0.3 is 22.4 Å². The highest BCUT2D eigenvalue weighted by atomic mass is 32.3. The SMILES string of the molecule is O=C(O)C1c2[nH]ncc2[C@H]2CN1C(=O)N2OS(=O)(=O)O. The van der Waals surface area contributed by atoms with Gasteiger partial charge in [0.2, 0.25) is 0 Å². The maximum absolute atomic E-state index is 12.0. The first-order valence-electron chi connectivity index (χ1n) is 5.32. The number of carboxylic acids is 1. The van der Waals surface area contributed by atoms with E-state index in [-0.39, 0.29) is 12.2 Å². The molecule has 2 bridgehead atoms. The molecule has 2 atom stereocenters. The summed E-state index contributed by atoms with van der Waals surface area (Å²) in [5.41, 5.74) is 0.492. The van der Waals surface area contributed by atoms with Crippen LogP contribution in [-0.2, 0) is 19.5 Å². The van der Waals surface area contributed by atoms with E-state index in [1.165, 1.54) is 6.20 Å². The number of hydrogen-bond acceptors (Lipinski definition) is 6. The number of aromatic nitrogens is 2. The molecule has 3 heterocycles. The van der Waals surface area contributed by atoms with Crippen LogP contribution in [-0.4, -0.2) is 56.8 Å². The lowest BCUT2D eigenvalue weighted by atomic mass is 9.98. The highest BCUT2D eigenvalue weighted by molar-refractivity contribution is 7.80. The van der Waals surface area contributed by atoms with Gasteiger partial charge < -0.3 is 10.0 Å². The number of hydrogen-bond donors (Lipinski definition) is 3. The van der Waals surface area contributed by atoms with Gasteiger partial charge in [0.1, 0.15) is 6.04 Å². The molecule has 3 N–H and O–H groups in total. The molecular formula is C8H8N4O7S. The lowest BCUT2D eigenvalue weighted by Gasteiger charge is -2.26. The Kier molecular flexibility index (Phi) is 2.51. The fourth-order valence-corrected chi connectivity index (χ4v) is 2.80. The third kappa shape index (κ3) is 1.73. The van der Waals surface area contributed by atoms with E-state index in [9.17, 15) is 23.1 Å². The Bertz CT molecular complexity index is 697. The zero-order valence-electron chi connectivity index (χ0n) is 9.62. The van der Waals surface area contributed by atoms with Gasteiger partial charge in [0.05, 0.1) is 18.4 Å². The average molecular weight is 304 g/mol. The van der Waals surface area contributed by atoms with E-state index in [2.05, 4.69) is 14.5 Å². The summed E-state index contributed by atoms with van der Waals surface area (Å²) in [4.78, 5) is 24.2. The molecular weight excluding hydrogens is 296 g/mol. The molecule has 0 radical (unpaired) electrons. The van der Waals surface area contributed by atoms with Crippen LogP contribution < -0.4 is 0 Å². The zero-order chi connectivity index (χ0) is 14.7. The van der Waals surface area contributed by atoms with E-state index in [1.54, 1.807) is 0 Å². The fourth-order valence-electron chi connectivity index (χ4n) is 2.43. The first kappa shape index (κ1) is 12.8. The van der Waals surface area contributed by atoms with Gasteiger partial charge in [-0.15, -0.1) is 4.28 Å². The van der Waals surface area contributed by atoms with Crippen molar-refractivity contribution in [1.29, 1.82) is 0 Å². The van der Waals surface area contributed by atoms with Crippen LogP contribution in [0.2, 0.25) is 0 Å². The highest BCUT2D eigenvalue weighted by Crippen LogP contribution is 2.43. The predicted octanol–water partition coefficient (Wildman–Crippen LogP) is -0.938. The number of fused-ring (bicyclic) bond motifs is 4. The second kappa shape index (κ2) is 3.91. The van der Waals surface area contributed by atoms with Crippen molar-refractivity contribution in [2.75, 3.05) is 6.54 Å². The van der Waals surface area contributed by atoms with Gasteiger partial charge in [0, 0.05) is 5.56 Å². The molecule has 2 aliphatic heterocycles. The molecule has 3 rings (SSSR count). The maximum atomic E-state index is 12.0. The molecule has 2 aliphatic rings. The summed E-state index contributed by atoms with van der Waals surface area (Å²) in [6.07, 6.45) is 1.28. The van der Waals surface area contributed by atoms with Crippen molar-refractivity contribution in [3.8, 4) is 0 Å². The number of carboxylic acid groups (broad SMARTS) is 1. The third-order valence-electron chi connectivity index (χ3n) is 3.14. The molecule has 1 aromatic heterocycles. The molecule has 1 saturated heterocycles. The molecule has 0 aliphatic carbocycles. The summed E-state index contributed by atoms with van der Waals surface area (Å²) < 4.78 is 34.4. The van der Waals surface area contributed by atoms with E-state index in [0.29, 0.717) is 10.6 Å². The molecule has 2 amide bonds. The van der Waals surface area contributed by atoms with Gasteiger partial charge in [0.15, 0.2) is 6.04 Å².